The first kappa shape index (κ1) is 38.1. The second-order valence-electron chi connectivity index (χ2n) is 11.9. The van der Waals surface area contributed by atoms with Crippen LogP contribution < -0.4 is 20.1 Å². The van der Waals surface area contributed by atoms with Crippen molar-refractivity contribution in [1.29, 1.82) is 0 Å². The second-order valence-corrected chi connectivity index (χ2v) is 13.7. The van der Waals surface area contributed by atoms with Crippen LogP contribution in [0.3, 0.4) is 0 Å². The van der Waals surface area contributed by atoms with Crippen molar-refractivity contribution in [1.82, 2.24) is 0 Å². The Morgan fingerprint density at radius 1 is 0.654 bits per heavy atom. The van der Waals surface area contributed by atoms with Gasteiger partial charge in [-0.25, -0.2) is 9.59 Å². The SMILES string of the molecule is CCOC(=O)c1ccc(NC2CCCCC2)c(NC(=O)c2ccc(Oc3cccc(Br)c3)cc2)c1.O=C(O)c1ccc(Oc2cccc(Br)c2)cc1. The van der Waals surface area contributed by atoms with E-state index in [1.807, 2.05) is 54.6 Å². The molecule has 1 amide bonds. The monoisotopic (exact) mass is 828 g/mol. The van der Waals surface area contributed by atoms with Crippen LogP contribution in [0.2, 0.25) is 0 Å². The van der Waals surface area contributed by atoms with E-state index in [0.29, 0.717) is 45.9 Å². The fourth-order valence-corrected chi connectivity index (χ4v) is 6.21. The van der Waals surface area contributed by atoms with Gasteiger partial charge in [0.05, 0.1) is 29.1 Å². The maximum atomic E-state index is 13.1. The van der Waals surface area contributed by atoms with E-state index in [1.165, 1.54) is 31.4 Å². The van der Waals surface area contributed by atoms with Crippen molar-refractivity contribution in [2.75, 3.05) is 17.2 Å². The van der Waals surface area contributed by atoms with Crippen LogP contribution in [0.25, 0.3) is 0 Å². The molecule has 0 aromatic heterocycles. The highest BCUT2D eigenvalue weighted by Crippen LogP contribution is 2.30. The molecule has 0 spiro atoms. The number of anilines is 2. The number of rotatable bonds is 11. The van der Waals surface area contributed by atoms with E-state index >= 15 is 0 Å². The highest BCUT2D eigenvalue weighted by Gasteiger charge is 2.18. The molecule has 6 rings (SSSR count). The van der Waals surface area contributed by atoms with Crippen LogP contribution in [0.4, 0.5) is 11.4 Å². The average Bonchev–Trinajstić information content (AvgIpc) is 3.14. The predicted octanol–water partition coefficient (Wildman–Crippen LogP) is 11.4. The minimum atomic E-state index is -0.945. The lowest BCUT2D eigenvalue weighted by Crippen LogP contribution is -2.23. The molecule has 1 saturated carbocycles. The number of halogens is 2. The van der Waals surface area contributed by atoms with Crippen molar-refractivity contribution >= 4 is 61.1 Å². The maximum absolute atomic E-state index is 13.1. The van der Waals surface area contributed by atoms with Gasteiger partial charge in [0.25, 0.3) is 5.91 Å². The van der Waals surface area contributed by atoms with Crippen LogP contribution in [0.1, 0.15) is 70.1 Å². The zero-order chi connectivity index (χ0) is 36.9. The first-order valence-electron chi connectivity index (χ1n) is 16.9. The molecule has 11 heteroatoms. The van der Waals surface area contributed by atoms with Gasteiger partial charge in [-0.05, 0) is 123 Å². The number of carboxylic acids is 1. The van der Waals surface area contributed by atoms with E-state index in [4.69, 9.17) is 19.3 Å². The number of amides is 1. The summed E-state index contributed by atoms with van der Waals surface area (Å²) in [5, 5.41) is 15.3. The molecule has 0 unspecified atom stereocenters. The quantitative estimate of drug-likeness (QED) is 0.112. The maximum Gasteiger partial charge on any atom is 0.338 e. The van der Waals surface area contributed by atoms with Crippen molar-refractivity contribution in [3.8, 4) is 23.0 Å². The number of esters is 1. The molecule has 3 N–H and O–H groups in total. The van der Waals surface area contributed by atoms with Crippen molar-refractivity contribution in [3.63, 3.8) is 0 Å². The molecule has 0 saturated heterocycles. The van der Waals surface area contributed by atoms with Gasteiger partial charge in [0.15, 0.2) is 0 Å². The molecule has 1 aliphatic carbocycles. The first-order chi connectivity index (χ1) is 25.2. The van der Waals surface area contributed by atoms with E-state index in [-0.39, 0.29) is 18.1 Å². The molecule has 52 heavy (non-hydrogen) atoms. The number of nitrogens with one attached hydrogen (secondary N) is 2. The fourth-order valence-electron chi connectivity index (χ4n) is 5.45. The van der Waals surface area contributed by atoms with Gasteiger partial charge in [-0.1, -0.05) is 63.3 Å². The Morgan fingerprint density at radius 2 is 1.19 bits per heavy atom. The normalized spacial score (nSPS) is 12.4. The van der Waals surface area contributed by atoms with Crippen LogP contribution in [0.5, 0.6) is 23.0 Å². The Hall–Kier alpha value is -5.13. The summed E-state index contributed by atoms with van der Waals surface area (Å²) in [7, 11) is 0. The molecule has 0 heterocycles. The summed E-state index contributed by atoms with van der Waals surface area (Å²) < 4.78 is 18.4. The molecule has 1 aliphatic rings. The lowest BCUT2D eigenvalue weighted by molar-refractivity contribution is 0.0525. The molecule has 9 nitrogen and oxygen atoms in total. The van der Waals surface area contributed by atoms with Crippen molar-refractivity contribution in [2.45, 2.75) is 45.1 Å². The van der Waals surface area contributed by atoms with Crippen LogP contribution in [-0.2, 0) is 4.74 Å². The number of carbonyl (C=O) groups excluding carboxylic acids is 2. The number of hydrogen-bond acceptors (Lipinski definition) is 7. The molecular weight excluding hydrogens is 792 g/mol. The predicted molar refractivity (Wildman–Crippen MR) is 209 cm³/mol. The molecule has 268 valence electrons. The van der Waals surface area contributed by atoms with Crippen LogP contribution >= 0.6 is 31.9 Å². The van der Waals surface area contributed by atoms with Gasteiger partial charge in [-0.2, -0.15) is 0 Å². The Labute approximate surface area is 319 Å². The largest absolute Gasteiger partial charge is 0.478 e. The smallest absolute Gasteiger partial charge is 0.338 e. The fraction of sp³-hybridized carbons (Fsp3) is 0.195. The summed E-state index contributed by atoms with van der Waals surface area (Å²) in [5.41, 5.74) is 2.48. The molecule has 5 aromatic carbocycles. The van der Waals surface area contributed by atoms with E-state index in [1.54, 1.807) is 55.5 Å². The highest BCUT2D eigenvalue weighted by atomic mass is 79.9. The van der Waals surface area contributed by atoms with Gasteiger partial charge in [0.2, 0.25) is 0 Å². The number of benzene rings is 5. The summed E-state index contributed by atoms with van der Waals surface area (Å²) in [5.74, 6) is 0.997. The molecule has 0 bridgehead atoms. The zero-order valence-corrected chi connectivity index (χ0v) is 31.6. The lowest BCUT2D eigenvalue weighted by Gasteiger charge is -2.25. The molecule has 0 aliphatic heterocycles. The summed E-state index contributed by atoms with van der Waals surface area (Å²) in [4.78, 5) is 36.0. The van der Waals surface area contributed by atoms with Crippen molar-refractivity contribution in [2.24, 2.45) is 0 Å². The van der Waals surface area contributed by atoms with Gasteiger partial charge in [0.1, 0.15) is 23.0 Å². The van der Waals surface area contributed by atoms with E-state index in [0.717, 1.165) is 27.5 Å². The van der Waals surface area contributed by atoms with Gasteiger partial charge in [-0.15, -0.1) is 0 Å². The minimum Gasteiger partial charge on any atom is -0.478 e. The molecule has 5 aromatic rings. The third kappa shape index (κ3) is 11.4. The van der Waals surface area contributed by atoms with Gasteiger partial charge in [-0.3, -0.25) is 4.79 Å². The Balaban J connectivity index is 0.000000257. The summed E-state index contributed by atoms with van der Waals surface area (Å²) in [6.45, 7) is 2.06. The highest BCUT2D eigenvalue weighted by molar-refractivity contribution is 9.10. The van der Waals surface area contributed by atoms with Crippen LogP contribution in [0.15, 0.2) is 124 Å². The third-order valence-electron chi connectivity index (χ3n) is 8.03. The summed E-state index contributed by atoms with van der Waals surface area (Å²) >= 11 is 6.78. The number of carbonyl (C=O) groups is 3. The Bertz CT molecular complexity index is 1980. The van der Waals surface area contributed by atoms with Gasteiger partial charge < -0.3 is 30.0 Å². The van der Waals surface area contributed by atoms with Crippen LogP contribution in [-0.4, -0.2) is 35.6 Å². The number of aromatic carboxylic acids is 1. The van der Waals surface area contributed by atoms with E-state index < -0.39 is 11.9 Å². The zero-order valence-electron chi connectivity index (χ0n) is 28.4. The minimum absolute atomic E-state index is 0.242. The Kier molecular flexibility index (Phi) is 13.9. The van der Waals surface area contributed by atoms with Crippen LogP contribution in [0, 0.1) is 0 Å². The van der Waals surface area contributed by atoms with E-state index in [2.05, 4.69) is 42.5 Å². The number of carboxylic acid groups (broad SMARTS) is 1. The number of ether oxygens (including phenoxy) is 3. The van der Waals surface area contributed by atoms with Gasteiger partial charge >= 0.3 is 11.9 Å². The standard InChI is InChI=1S/C28H29BrN2O4.C13H9BrO3/c1-2-34-28(33)20-13-16-25(30-22-8-4-3-5-9-22)26(17-20)31-27(32)19-11-14-23(15-12-19)35-24-10-6-7-21(29)18-24;14-10-2-1-3-12(8-10)17-11-6-4-9(5-7-11)13(15)16/h6-7,10-18,22,30H,2-5,8-9H2,1H3,(H,31,32);1-8H,(H,15,16). The molecule has 0 atom stereocenters. The Morgan fingerprint density at radius 3 is 1.71 bits per heavy atom. The topological polar surface area (TPSA) is 123 Å². The van der Waals surface area contributed by atoms with Crippen molar-refractivity contribution in [3.05, 3.63) is 141 Å². The third-order valence-corrected chi connectivity index (χ3v) is 9.01. The number of hydrogen-bond donors (Lipinski definition) is 3. The lowest BCUT2D eigenvalue weighted by atomic mass is 9.95. The first-order valence-corrected chi connectivity index (χ1v) is 18.4. The summed E-state index contributed by atoms with van der Waals surface area (Å²) in [6.07, 6.45) is 5.81. The molecule has 1 fully saturated rings. The second kappa shape index (κ2) is 18.9. The van der Waals surface area contributed by atoms with E-state index in [9.17, 15) is 14.4 Å². The van der Waals surface area contributed by atoms with Crippen molar-refractivity contribution < 1.29 is 33.7 Å². The average molecular weight is 831 g/mol. The van der Waals surface area contributed by atoms with Gasteiger partial charge in [0, 0.05) is 20.6 Å². The molecular formula is C41H38Br2N2O7. The summed E-state index contributed by atoms with van der Waals surface area (Å²) in [6, 6.07) is 33.8. The molecule has 0 radical (unpaired) electrons.